The van der Waals surface area contributed by atoms with E-state index in [-0.39, 0.29) is 23.5 Å². The lowest BCUT2D eigenvalue weighted by atomic mass is 9.71. The van der Waals surface area contributed by atoms with Crippen molar-refractivity contribution in [2.75, 3.05) is 26.3 Å². The van der Waals surface area contributed by atoms with Crippen LogP contribution in [0, 0.1) is 0 Å². The number of fused-ring (bicyclic) bond motifs is 3. The SMILES string of the molecule is CC(=O)N[C@H]1c2ccccc2C2(CCN(Cc3ccc4c(c3)OCCO4)CC2)[C@@H]1OCc1ccccc1. The van der Waals surface area contributed by atoms with Gasteiger partial charge in [0.05, 0.1) is 18.8 Å². The monoisotopic (exact) mass is 498 g/mol. The smallest absolute Gasteiger partial charge is 0.217 e. The first-order valence-corrected chi connectivity index (χ1v) is 13.3. The fraction of sp³-hybridized carbons (Fsp3) is 0.387. The average molecular weight is 499 g/mol. The van der Waals surface area contributed by atoms with Crippen LogP contribution < -0.4 is 14.8 Å². The summed E-state index contributed by atoms with van der Waals surface area (Å²) in [6.07, 6.45) is 1.83. The Morgan fingerprint density at radius 1 is 0.946 bits per heavy atom. The number of ether oxygens (including phenoxy) is 3. The molecule has 1 spiro atoms. The second-order valence-corrected chi connectivity index (χ2v) is 10.4. The number of carbonyl (C=O) groups excluding carboxylic acids is 1. The number of carbonyl (C=O) groups is 1. The molecule has 0 saturated carbocycles. The summed E-state index contributed by atoms with van der Waals surface area (Å²) >= 11 is 0. The van der Waals surface area contributed by atoms with E-state index in [1.807, 2.05) is 24.3 Å². The fourth-order valence-corrected chi connectivity index (χ4v) is 6.35. The van der Waals surface area contributed by atoms with E-state index in [4.69, 9.17) is 14.2 Å². The van der Waals surface area contributed by atoms with Gasteiger partial charge in [-0.05, 0) is 60.3 Å². The van der Waals surface area contributed by atoms with Crippen LogP contribution >= 0.6 is 0 Å². The second-order valence-electron chi connectivity index (χ2n) is 10.4. The third kappa shape index (κ3) is 4.72. The number of likely N-dealkylation sites (tertiary alicyclic amines) is 1. The number of hydrogen-bond donors (Lipinski definition) is 1. The Morgan fingerprint density at radius 3 is 2.46 bits per heavy atom. The van der Waals surface area contributed by atoms with E-state index < -0.39 is 0 Å². The maximum atomic E-state index is 12.3. The highest BCUT2D eigenvalue weighted by Crippen LogP contribution is 2.52. The van der Waals surface area contributed by atoms with Crippen molar-refractivity contribution in [2.24, 2.45) is 0 Å². The highest BCUT2D eigenvalue weighted by atomic mass is 16.6. The van der Waals surface area contributed by atoms with Crippen LogP contribution in [0.1, 0.15) is 48.1 Å². The van der Waals surface area contributed by atoms with Gasteiger partial charge in [0.15, 0.2) is 11.5 Å². The maximum Gasteiger partial charge on any atom is 0.217 e. The number of benzene rings is 3. The van der Waals surface area contributed by atoms with Crippen molar-refractivity contribution in [3.63, 3.8) is 0 Å². The molecule has 2 atom stereocenters. The predicted octanol–water partition coefficient (Wildman–Crippen LogP) is 4.77. The standard InChI is InChI=1S/C31H34N2O4/c1-22(34)32-29-25-9-5-6-10-26(25)31(30(29)37-21-23-7-3-2-4-8-23)13-15-33(16-14-31)20-24-11-12-27-28(19-24)36-18-17-35-27/h2-12,19,29-30H,13-18,20-21H2,1H3,(H,32,34)/t29-,30+/m0/s1. The van der Waals surface area contributed by atoms with Gasteiger partial charge in [0, 0.05) is 18.9 Å². The number of nitrogens with zero attached hydrogens (tertiary/aromatic N) is 1. The average Bonchev–Trinajstić information content (AvgIpc) is 3.17. The van der Waals surface area contributed by atoms with Crippen LogP contribution in [0.2, 0.25) is 0 Å². The molecule has 0 bridgehead atoms. The molecule has 6 rings (SSSR count). The molecular formula is C31H34N2O4. The third-order valence-corrected chi connectivity index (χ3v) is 8.07. The zero-order valence-corrected chi connectivity index (χ0v) is 21.3. The molecule has 3 aromatic rings. The summed E-state index contributed by atoms with van der Waals surface area (Å²) in [7, 11) is 0. The highest BCUT2D eigenvalue weighted by molar-refractivity contribution is 5.74. The number of hydrogen-bond acceptors (Lipinski definition) is 5. The lowest BCUT2D eigenvalue weighted by molar-refractivity contribution is -0.122. The van der Waals surface area contributed by atoms with Gasteiger partial charge in [-0.3, -0.25) is 9.69 Å². The quantitative estimate of drug-likeness (QED) is 0.531. The number of amides is 1. The summed E-state index contributed by atoms with van der Waals surface area (Å²) in [4.78, 5) is 14.8. The van der Waals surface area contributed by atoms with E-state index in [1.165, 1.54) is 16.7 Å². The second kappa shape index (κ2) is 10.2. The van der Waals surface area contributed by atoms with Crippen LogP contribution in [0.5, 0.6) is 11.5 Å². The van der Waals surface area contributed by atoms with Crippen molar-refractivity contribution < 1.29 is 19.0 Å². The summed E-state index contributed by atoms with van der Waals surface area (Å²) in [5.41, 5.74) is 4.76. The topological polar surface area (TPSA) is 60.0 Å². The van der Waals surface area contributed by atoms with Crippen LogP contribution in [-0.2, 0) is 28.1 Å². The Kier molecular flexibility index (Phi) is 6.61. The van der Waals surface area contributed by atoms with Gasteiger partial charge in [0.2, 0.25) is 5.91 Å². The first-order valence-electron chi connectivity index (χ1n) is 13.3. The molecule has 37 heavy (non-hydrogen) atoms. The summed E-state index contributed by atoms with van der Waals surface area (Å²) < 4.78 is 18.2. The molecule has 1 saturated heterocycles. The van der Waals surface area contributed by atoms with Crippen molar-refractivity contribution in [1.29, 1.82) is 0 Å². The Labute approximate surface area is 218 Å². The zero-order valence-electron chi connectivity index (χ0n) is 21.3. The molecule has 6 heteroatoms. The van der Waals surface area contributed by atoms with Gasteiger partial charge < -0.3 is 19.5 Å². The van der Waals surface area contributed by atoms with E-state index in [1.54, 1.807) is 6.92 Å². The van der Waals surface area contributed by atoms with Crippen molar-refractivity contribution in [1.82, 2.24) is 10.2 Å². The van der Waals surface area contributed by atoms with Crippen LogP contribution in [0.15, 0.2) is 72.8 Å². The van der Waals surface area contributed by atoms with Gasteiger partial charge in [-0.15, -0.1) is 0 Å². The van der Waals surface area contributed by atoms with Crippen molar-refractivity contribution >= 4 is 5.91 Å². The van der Waals surface area contributed by atoms with E-state index in [0.29, 0.717) is 19.8 Å². The molecule has 1 amide bonds. The minimum absolute atomic E-state index is 0.0267. The number of rotatable bonds is 6. The van der Waals surface area contributed by atoms with Gasteiger partial charge in [-0.1, -0.05) is 60.7 Å². The molecule has 1 fully saturated rings. The largest absolute Gasteiger partial charge is 0.486 e. The molecule has 0 aromatic heterocycles. The van der Waals surface area contributed by atoms with Crippen LogP contribution in [0.25, 0.3) is 0 Å². The molecule has 0 unspecified atom stereocenters. The molecule has 192 valence electrons. The molecule has 1 aliphatic carbocycles. The lowest BCUT2D eigenvalue weighted by Gasteiger charge is -2.44. The van der Waals surface area contributed by atoms with Gasteiger partial charge in [0.1, 0.15) is 13.2 Å². The molecule has 3 aromatic carbocycles. The number of nitrogens with one attached hydrogen (secondary N) is 1. The fourth-order valence-electron chi connectivity index (χ4n) is 6.35. The first-order chi connectivity index (χ1) is 18.1. The van der Waals surface area contributed by atoms with Crippen LogP contribution in [0.3, 0.4) is 0 Å². The van der Waals surface area contributed by atoms with E-state index in [9.17, 15) is 4.79 Å². The zero-order chi connectivity index (χ0) is 25.2. The van der Waals surface area contributed by atoms with E-state index >= 15 is 0 Å². The molecule has 3 aliphatic rings. The summed E-state index contributed by atoms with van der Waals surface area (Å²) in [6.45, 7) is 6.12. The molecule has 2 heterocycles. The summed E-state index contributed by atoms with van der Waals surface area (Å²) in [6, 6.07) is 25.0. The Hall–Kier alpha value is -3.35. The Bertz CT molecular complexity index is 1250. The van der Waals surface area contributed by atoms with Crippen molar-refractivity contribution in [3.05, 3.63) is 95.1 Å². The maximum absolute atomic E-state index is 12.3. The van der Waals surface area contributed by atoms with Crippen molar-refractivity contribution in [3.8, 4) is 11.5 Å². The molecular weight excluding hydrogens is 464 g/mol. The number of piperidine rings is 1. The normalized spacial score (nSPS) is 22.0. The lowest BCUT2D eigenvalue weighted by Crippen LogP contribution is -2.50. The third-order valence-electron chi connectivity index (χ3n) is 8.07. The first kappa shape index (κ1) is 24.0. The Balaban J connectivity index is 1.23. The Morgan fingerprint density at radius 2 is 1.68 bits per heavy atom. The van der Waals surface area contributed by atoms with Gasteiger partial charge in [0.25, 0.3) is 0 Å². The van der Waals surface area contributed by atoms with Crippen molar-refractivity contribution in [2.45, 2.75) is 50.5 Å². The highest BCUT2D eigenvalue weighted by Gasteiger charge is 2.54. The molecule has 1 N–H and O–H groups in total. The minimum Gasteiger partial charge on any atom is -0.486 e. The van der Waals surface area contributed by atoms with Gasteiger partial charge in [-0.25, -0.2) is 0 Å². The van der Waals surface area contributed by atoms with Crippen LogP contribution in [-0.4, -0.2) is 43.2 Å². The van der Waals surface area contributed by atoms with Gasteiger partial charge in [-0.2, -0.15) is 0 Å². The molecule has 2 aliphatic heterocycles. The minimum atomic E-state index is -0.151. The van der Waals surface area contributed by atoms with E-state index in [0.717, 1.165) is 49.5 Å². The molecule has 0 radical (unpaired) electrons. The van der Waals surface area contributed by atoms with E-state index in [2.05, 4.69) is 58.7 Å². The molecule has 6 nitrogen and oxygen atoms in total. The van der Waals surface area contributed by atoms with Gasteiger partial charge >= 0.3 is 0 Å². The van der Waals surface area contributed by atoms with Crippen LogP contribution in [0.4, 0.5) is 0 Å². The summed E-state index contributed by atoms with van der Waals surface area (Å²) in [5.74, 6) is 1.65. The summed E-state index contributed by atoms with van der Waals surface area (Å²) in [5, 5.41) is 3.23. The predicted molar refractivity (Wildman–Crippen MR) is 142 cm³/mol.